The molecule has 7 heteroatoms. The van der Waals surface area contributed by atoms with Crippen molar-refractivity contribution in [2.75, 3.05) is 31.1 Å². The van der Waals surface area contributed by atoms with Crippen LogP contribution in [0.15, 0.2) is 30.3 Å². The molecule has 1 aromatic carbocycles. The van der Waals surface area contributed by atoms with E-state index in [1.54, 1.807) is 4.68 Å². The summed E-state index contributed by atoms with van der Waals surface area (Å²) in [5.41, 5.74) is 0.860. The number of aromatic nitrogens is 4. The maximum Gasteiger partial charge on any atom is 0.250 e. The number of aliphatic hydroxyl groups is 1. The first-order chi connectivity index (χ1) is 11.3. The van der Waals surface area contributed by atoms with Gasteiger partial charge in [-0.1, -0.05) is 23.3 Å². The molecule has 0 aliphatic carbocycles. The van der Waals surface area contributed by atoms with E-state index in [0.717, 1.165) is 57.1 Å². The molecule has 23 heavy (non-hydrogen) atoms. The predicted molar refractivity (Wildman–Crippen MR) is 86.5 cm³/mol. The summed E-state index contributed by atoms with van der Waals surface area (Å²) in [7, 11) is 0. The van der Waals surface area contributed by atoms with Gasteiger partial charge in [-0.2, -0.15) is 4.68 Å². The van der Waals surface area contributed by atoms with Crippen LogP contribution >= 0.6 is 0 Å². The minimum atomic E-state index is -0.257. The fourth-order valence-corrected chi connectivity index (χ4v) is 3.86. The molecular weight excluding hydrogens is 292 g/mol. The van der Waals surface area contributed by atoms with Crippen LogP contribution in [0.1, 0.15) is 19.3 Å². The van der Waals surface area contributed by atoms with Crippen molar-refractivity contribution < 1.29 is 5.11 Å². The quantitative estimate of drug-likeness (QED) is 0.845. The lowest BCUT2D eigenvalue weighted by Crippen LogP contribution is -2.58. The molecule has 2 aliphatic heterocycles. The Kier molecular flexibility index (Phi) is 3.74. The summed E-state index contributed by atoms with van der Waals surface area (Å²) in [4.78, 5) is 2.22. The van der Waals surface area contributed by atoms with Gasteiger partial charge in [0.05, 0.1) is 11.8 Å². The molecule has 0 amide bonds. The number of para-hydroxylation sites is 1. The third-order valence-corrected chi connectivity index (χ3v) is 5.12. The molecule has 4 rings (SSSR count). The molecule has 0 unspecified atom stereocenters. The second kappa shape index (κ2) is 5.90. The highest BCUT2D eigenvalue weighted by Gasteiger charge is 2.44. The SMILES string of the molecule is O[C@H]1CCNC[C@]12CCCN(c1nnnn1-c1ccccc1)C2. The lowest BCUT2D eigenvalue weighted by molar-refractivity contribution is -0.0104. The van der Waals surface area contributed by atoms with Crippen LogP contribution in [-0.4, -0.2) is 57.6 Å². The first-order valence-corrected chi connectivity index (χ1v) is 8.26. The van der Waals surface area contributed by atoms with Crippen LogP contribution in [0.4, 0.5) is 5.95 Å². The predicted octanol–water partition coefficient (Wildman–Crippen LogP) is 0.603. The van der Waals surface area contributed by atoms with Gasteiger partial charge in [-0.05, 0) is 48.4 Å². The summed E-state index contributed by atoms with van der Waals surface area (Å²) in [6, 6.07) is 9.93. The molecule has 2 atom stereocenters. The zero-order valence-electron chi connectivity index (χ0n) is 13.1. The number of piperidine rings is 2. The number of nitrogens with one attached hydrogen (secondary N) is 1. The van der Waals surface area contributed by atoms with Gasteiger partial charge in [-0.3, -0.25) is 0 Å². The van der Waals surface area contributed by atoms with Crippen molar-refractivity contribution in [1.82, 2.24) is 25.5 Å². The molecule has 2 saturated heterocycles. The minimum Gasteiger partial charge on any atom is -0.392 e. The monoisotopic (exact) mass is 314 g/mol. The molecule has 0 bridgehead atoms. The van der Waals surface area contributed by atoms with E-state index in [9.17, 15) is 5.11 Å². The van der Waals surface area contributed by atoms with E-state index in [0.29, 0.717) is 0 Å². The zero-order valence-corrected chi connectivity index (χ0v) is 13.1. The third-order valence-electron chi connectivity index (χ3n) is 5.12. The second-order valence-electron chi connectivity index (χ2n) is 6.59. The standard InChI is InChI=1S/C16H22N6O/c23-14-7-9-17-11-16(14)8-4-10-21(12-16)15-18-19-20-22(15)13-5-2-1-3-6-13/h1-3,5-6,14,17,23H,4,7-12H2/t14-,16-/m0/s1. The normalized spacial score (nSPS) is 28.2. The summed E-state index contributed by atoms with van der Waals surface area (Å²) in [5, 5.41) is 26.3. The second-order valence-corrected chi connectivity index (χ2v) is 6.59. The summed E-state index contributed by atoms with van der Waals surface area (Å²) >= 11 is 0. The number of aliphatic hydroxyl groups excluding tert-OH is 1. The van der Waals surface area contributed by atoms with E-state index in [1.165, 1.54) is 0 Å². The van der Waals surface area contributed by atoms with Crippen LogP contribution in [0.2, 0.25) is 0 Å². The number of hydrogen-bond donors (Lipinski definition) is 2. The van der Waals surface area contributed by atoms with Crippen LogP contribution < -0.4 is 10.2 Å². The maximum absolute atomic E-state index is 10.6. The molecule has 2 N–H and O–H groups in total. The topological polar surface area (TPSA) is 79.1 Å². The van der Waals surface area contributed by atoms with E-state index in [4.69, 9.17) is 0 Å². The average Bonchev–Trinajstić information content (AvgIpc) is 3.09. The fourth-order valence-electron chi connectivity index (χ4n) is 3.86. The maximum atomic E-state index is 10.6. The van der Waals surface area contributed by atoms with Crippen molar-refractivity contribution >= 4 is 5.95 Å². The number of rotatable bonds is 2. The van der Waals surface area contributed by atoms with Crippen LogP contribution in [0.25, 0.3) is 5.69 Å². The molecule has 122 valence electrons. The molecule has 2 fully saturated rings. The first-order valence-electron chi connectivity index (χ1n) is 8.26. The first kappa shape index (κ1) is 14.6. The Labute approximate surface area is 135 Å². The van der Waals surface area contributed by atoms with Gasteiger partial charge in [-0.15, -0.1) is 0 Å². The van der Waals surface area contributed by atoms with Crippen molar-refractivity contribution in [2.24, 2.45) is 5.41 Å². The van der Waals surface area contributed by atoms with E-state index in [-0.39, 0.29) is 11.5 Å². The van der Waals surface area contributed by atoms with Crippen molar-refractivity contribution in [1.29, 1.82) is 0 Å². The highest BCUT2D eigenvalue weighted by molar-refractivity contribution is 5.41. The Hall–Kier alpha value is -1.99. The summed E-state index contributed by atoms with van der Waals surface area (Å²) in [6.45, 7) is 3.46. The van der Waals surface area contributed by atoms with Gasteiger partial charge < -0.3 is 15.3 Å². The Morgan fingerprint density at radius 3 is 2.96 bits per heavy atom. The van der Waals surface area contributed by atoms with E-state index >= 15 is 0 Å². The lowest BCUT2D eigenvalue weighted by Gasteiger charge is -2.48. The van der Waals surface area contributed by atoms with Crippen LogP contribution in [0.3, 0.4) is 0 Å². The van der Waals surface area contributed by atoms with Gasteiger partial charge in [0, 0.05) is 25.0 Å². The number of anilines is 1. The third kappa shape index (κ3) is 2.60. The Morgan fingerprint density at radius 2 is 2.13 bits per heavy atom. The average molecular weight is 314 g/mol. The minimum absolute atomic E-state index is 0.0933. The smallest absolute Gasteiger partial charge is 0.250 e. The number of benzene rings is 1. The Morgan fingerprint density at radius 1 is 1.26 bits per heavy atom. The van der Waals surface area contributed by atoms with Gasteiger partial charge in [0.2, 0.25) is 5.95 Å². The number of hydrogen-bond acceptors (Lipinski definition) is 6. The summed E-state index contributed by atoms with van der Waals surface area (Å²) in [5.74, 6) is 0.757. The summed E-state index contributed by atoms with van der Waals surface area (Å²) < 4.78 is 1.78. The highest BCUT2D eigenvalue weighted by Crippen LogP contribution is 2.37. The largest absolute Gasteiger partial charge is 0.392 e. The van der Waals surface area contributed by atoms with Crippen molar-refractivity contribution in [3.05, 3.63) is 30.3 Å². The molecule has 2 aromatic rings. The van der Waals surface area contributed by atoms with Gasteiger partial charge in [0.1, 0.15) is 0 Å². The Bertz CT molecular complexity index is 656. The van der Waals surface area contributed by atoms with Gasteiger partial charge >= 0.3 is 0 Å². The zero-order chi connectivity index (χ0) is 15.7. The van der Waals surface area contributed by atoms with Crippen LogP contribution in [0.5, 0.6) is 0 Å². The van der Waals surface area contributed by atoms with Crippen LogP contribution in [-0.2, 0) is 0 Å². The van der Waals surface area contributed by atoms with Gasteiger partial charge in [0.25, 0.3) is 0 Å². The van der Waals surface area contributed by atoms with Crippen molar-refractivity contribution in [2.45, 2.75) is 25.4 Å². The lowest BCUT2D eigenvalue weighted by atomic mass is 9.72. The molecular formula is C16H22N6O. The molecule has 2 aliphatic rings. The summed E-state index contributed by atoms with van der Waals surface area (Å²) in [6.07, 6.45) is 2.65. The van der Waals surface area contributed by atoms with E-state index in [2.05, 4.69) is 25.7 Å². The molecule has 0 saturated carbocycles. The van der Waals surface area contributed by atoms with E-state index in [1.807, 2.05) is 30.3 Å². The van der Waals surface area contributed by atoms with Crippen molar-refractivity contribution in [3.8, 4) is 5.69 Å². The van der Waals surface area contributed by atoms with Gasteiger partial charge in [0.15, 0.2) is 0 Å². The molecule has 1 spiro atoms. The Balaban J connectivity index is 1.63. The van der Waals surface area contributed by atoms with Crippen LogP contribution in [0, 0.1) is 5.41 Å². The van der Waals surface area contributed by atoms with E-state index < -0.39 is 0 Å². The molecule has 3 heterocycles. The molecule has 0 radical (unpaired) electrons. The molecule has 7 nitrogen and oxygen atoms in total. The van der Waals surface area contributed by atoms with Gasteiger partial charge in [-0.25, -0.2) is 0 Å². The highest BCUT2D eigenvalue weighted by atomic mass is 16.3. The number of tetrazole rings is 1. The van der Waals surface area contributed by atoms with Crippen molar-refractivity contribution in [3.63, 3.8) is 0 Å². The number of nitrogens with zero attached hydrogens (tertiary/aromatic N) is 5. The fraction of sp³-hybridized carbons (Fsp3) is 0.562. The molecule has 1 aromatic heterocycles.